The predicted molar refractivity (Wildman–Crippen MR) is 64.0 cm³/mol. The summed E-state index contributed by atoms with van der Waals surface area (Å²) in [5.41, 5.74) is 0. The zero-order valence-corrected chi connectivity index (χ0v) is 10.1. The van der Waals surface area contributed by atoms with Crippen molar-refractivity contribution in [2.75, 3.05) is 20.1 Å². The van der Waals surface area contributed by atoms with Gasteiger partial charge in [0.05, 0.1) is 6.54 Å². The molecule has 90 valence electrons. The smallest absolute Gasteiger partial charge is 0.505 e. The molecule has 17 heavy (non-hydrogen) atoms. The summed E-state index contributed by atoms with van der Waals surface area (Å²) in [6.45, 7) is 0.615. The average molecular weight is 253 g/mol. The number of hydrogen-bond donors (Lipinski definition) is 1. The third-order valence-electron chi connectivity index (χ3n) is 2.61. The topological polar surface area (TPSA) is 66.8 Å². The van der Waals surface area contributed by atoms with Gasteiger partial charge < -0.3 is 9.68 Å². The fraction of sp³-hybridized carbons (Fsp3) is 0.400. The first-order chi connectivity index (χ1) is 8.08. The number of Topliss-reactive ketones (excluding diaryl/α,β-unsaturated/α-hetero) is 1. The Hall–Kier alpha value is -1.18. The normalized spacial score (nSPS) is 20.6. The number of thiophene rings is 1. The molecule has 0 bridgehead atoms. The summed E-state index contributed by atoms with van der Waals surface area (Å²) in [5, 5.41) is 11.4. The van der Waals surface area contributed by atoms with Crippen LogP contribution < -0.4 is 4.78 Å². The van der Waals surface area contributed by atoms with Crippen LogP contribution >= 0.6 is 11.3 Å². The highest BCUT2D eigenvalue weighted by atomic mass is 32.1. The van der Waals surface area contributed by atoms with Gasteiger partial charge in [-0.1, -0.05) is 12.1 Å². The quantitative estimate of drug-likeness (QED) is 0.559. The third kappa shape index (κ3) is 2.74. The zero-order valence-electron chi connectivity index (χ0n) is 9.33. The van der Waals surface area contributed by atoms with Crippen LogP contribution in [-0.2, 0) is 14.2 Å². The molecule has 0 saturated carbocycles. The molecule has 1 atom stereocenters. The summed E-state index contributed by atoms with van der Waals surface area (Å²) >= 11 is 1.29. The zero-order chi connectivity index (χ0) is 12.4. The summed E-state index contributed by atoms with van der Waals surface area (Å²) in [4.78, 5) is 24.9. The second-order valence-electron chi connectivity index (χ2n) is 4.02. The van der Waals surface area contributed by atoms with Crippen molar-refractivity contribution in [3.63, 3.8) is 0 Å². The molecule has 0 radical (unpaired) electrons. The van der Waals surface area contributed by atoms with Gasteiger partial charge in [-0.05, 0) is 12.4 Å². The summed E-state index contributed by atoms with van der Waals surface area (Å²) < 4.78 is 5.43. The number of hydrogen-bond acceptors (Lipinski definition) is 6. The Morgan fingerprint density at radius 2 is 2.47 bits per heavy atom. The Labute approximate surface area is 103 Å². The van der Waals surface area contributed by atoms with Gasteiger partial charge in [0, 0.05) is 11.3 Å². The Balaban J connectivity index is 1.95. The van der Waals surface area contributed by atoms with Crippen LogP contribution in [0.25, 0.3) is 0 Å². The average Bonchev–Trinajstić information content (AvgIpc) is 2.87. The Bertz CT molecular complexity index is 422. The highest BCUT2D eigenvalue weighted by Crippen LogP contribution is 2.13. The van der Waals surface area contributed by atoms with E-state index < -0.39 is 19.0 Å². The maximum Gasteiger partial charge on any atom is 0.572 e. The van der Waals surface area contributed by atoms with E-state index in [4.69, 9.17) is 4.65 Å². The van der Waals surface area contributed by atoms with E-state index in [0.29, 0.717) is 11.3 Å². The summed E-state index contributed by atoms with van der Waals surface area (Å²) in [5.74, 6) is -1.58. The van der Waals surface area contributed by atoms with E-state index in [9.17, 15) is 14.6 Å². The first-order valence-corrected chi connectivity index (χ1v) is 6.09. The van der Waals surface area contributed by atoms with Gasteiger partial charge in [-0.3, -0.25) is 14.5 Å². The Morgan fingerprint density at radius 1 is 1.71 bits per heavy atom. The highest BCUT2D eigenvalue weighted by Gasteiger charge is 2.37. The molecule has 1 aliphatic rings. The van der Waals surface area contributed by atoms with Gasteiger partial charge in [0.2, 0.25) is 0 Å². The van der Waals surface area contributed by atoms with Gasteiger partial charge in [-0.25, -0.2) is 0 Å². The molecule has 2 heterocycles. The van der Waals surface area contributed by atoms with Crippen molar-refractivity contribution < 1.29 is 19.3 Å². The molecule has 0 amide bonds. The molecule has 0 aliphatic carbocycles. The van der Waals surface area contributed by atoms with Crippen molar-refractivity contribution in [3.05, 3.63) is 17.5 Å². The molecule has 1 aliphatic heterocycles. The van der Waals surface area contributed by atoms with Crippen molar-refractivity contribution in [1.29, 1.82) is 0 Å². The van der Waals surface area contributed by atoms with Gasteiger partial charge in [-0.2, -0.15) is 11.3 Å². The molecule has 0 aromatic carbocycles. The molecular formula is C10H12BNO4S. The largest absolute Gasteiger partial charge is 0.572 e. The van der Waals surface area contributed by atoms with Crippen LogP contribution in [0, 0.1) is 5.92 Å². The molecular weight excluding hydrogens is 241 g/mol. The first-order valence-electron chi connectivity index (χ1n) is 5.21. The minimum atomic E-state index is -1.28. The van der Waals surface area contributed by atoms with E-state index in [2.05, 4.69) is 0 Å². The van der Waals surface area contributed by atoms with E-state index in [-0.39, 0.29) is 12.3 Å². The van der Waals surface area contributed by atoms with Crippen molar-refractivity contribution in [1.82, 2.24) is 4.90 Å². The van der Waals surface area contributed by atoms with Crippen LogP contribution in [0.2, 0.25) is 0 Å². The lowest BCUT2D eigenvalue weighted by Gasteiger charge is -2.11. The lowest BCUT2D eigenvalue weighted by Crippen LogP contribution is -2.38. The standard InChI is InChI=1S/C10H12BNO4S/c1-12-5-7(8(13)6-12)10(14)16-11(15)9-3-2-4-17-9/h2-4,7,15H,5-6H2,1H3. The van der Waals surface area contributed by atoms with Crippen LogP contribution in [-0.4, -0.2) is 48.9 Å². The number of carbonyl (C=O) groups is 2. The van der Waals surface area contributed by atoms with E-state index in [1.807, 2.05) is 0 Å². The van der Waals surface area contributed by atoms with Crippen LogP contribution in [0.15, 0.2) is 17.5 Å². The highest BCUT2D eigenvalue weighted by molar-refractivity contribution is 7.20. The molecule has 2 rings (SSSR count). The van der Waals surface area contributed by atoms with Crippen molar-refractivity contribution >= 4 is 35.0 Å². The number of rotatable bonds is 3. The second kappa shape index (κ2) is 4.99. The summed E-state index contributed by atoms with van der Waals surface area (Å²) in [7, 11) is 0.488. The van der Waals surface area contributed by atoms with Crippen LogP contribution in [0.1, 0.15) is 0 Å². The van der Waals surface area contributed by atoms with Crippen molar-refractivity contribution in [2.45, 2.75) is 0 Å². The molecule has 5 nitrogen and oxygen atoms in total. The molecule has 1 fully saturated rings. The van der Waals surface area contributed by atoms with E-state index in [1.165, 1.54) is 11.3 Å². The number of likely N-dealkylation sites (tertiary alicyclic amines) is 1. The minimum Gasteiger partial charge on any atom is -0.505 e. The maximum atomic E-state index is 11.7. The van der Waals surface area contributed by atoms with Crippen LogP contribution in [0.3, 0.4) is 0 Å². The number of ketones is 1. The second-order valence-corrected chi connectivity index (χ2v) is 5.00. The number of likely N-dealkylation sites (N-methyl/N-ethyl adjacent to an activating group) is 1. The maximum absolute atomic E-state index is 11.7. The minimum absolute atomic E-state index is 0.157. The SMILES string of the molecule is CN1CC(=O)C(C(=O)OB(O)c2cccs2)C1. The van der Waals surface area contributed by atoms with Gasteiger partial charge in [0.25, 0.3) is 0 Å². The molecule has 1 aromatic rings. The Kier molecular flexibility index (Phi) is 3.61. The first kappa shape index (κ1) is 12.3. The predicted octanol–water partition coefficient (Wildman–Crippen LogP) is -0.891. The molecule has 1 unspecified atom stereocenters. The summed E-state index contributed by atoms with van der Waals surface area (Å²) in [6, 6.07) is 3.43. The molecule has 7 heteroatoms. The number of carbonyl (C=O) groups excluding carboxylic acids is 2. The fourth-order valence-electron chi connectivity index (χ4n) is 1.74. The molecule has 1 aromatic heterocycles. The molecule has 1 saturated heterocycles. The van der Waals surface area contributed by atoms with E-state index >= 15 is 0 Å². The lowest BCUT2D eigenvalue weighted by molar-refractivity contribution is -0.142. The Morgan fingerprint density at radius 3 is 3.00 bits per heavy atom. The van der Waals surface area contributed by atoms with Crippen molar-refractivity contribution in [3.8, 4) is 0 Å². The summed E-state index contributed by atoms with van der Waals surface area (Å²) in [6.07, 6.45) is 0. The third-order valence-corrected chi connectivity index (χ3v) is 3.51. The van der Waals surface area contributed by atoms with E-state index in [1.54, 1.807) is 29.5 Å². The molecule has 1 N–H and O–H groups in total. The van der Waals surface area contributed by atoms with Crippen LogP contribution in [0.5, 0.6) is 0 Å². The molecule has 0 spiro atoms. The lowest BCUT2D eigenvalue weighted by atomic mass is 9.88. The monoisotopic (exact) mass is 253 g/mol. The van der Waals surface area contributed by atoms with Gasteiger partial charge in [-0.15, -0.1) is 0 Å². The van der Waals surface area contributed by atoms with Gasteiger partial charge in [0.1, 0.15) is 5.92 Å². The van der Waals surface area contributed by atoms with E-state index in [0.717, 1.165) is 0 Å². The van der Waals surface area contributed by atoms with Crippen LogP contribution in [0.4, 0.5) is 0 Å². The van der Waals surface area contributed by atoms with Gasteiger partial charge in [0.15, 0.2) is 5.78 Å². The number of nitrogens with zero attached hydrogens (tertiary/aromatic N) is 1. The van der Waals surface area contributed by atoms with Gasteiger partial charge >= 0.3 is 13.1 Å². The van der Waals surface area contributed by atoms with Crippen molar-refractivity contribution in [2.24, 2.45) is 5.92 Å². The fourth-order valence-corrected chi connectivity index (χ4v) is 2.38.